The Morgan fingerprint density at radius 1 is 1.27 bits per heavy atom. The lowest BCUT2D eigenvalue weighted by molar-refractivity contribution is 0.00578. The third kappa shape index (κ3) is 2.51. The molecule has 3 rings (SSSR count). The van der Waals surface area contributed by atoms with Gasteiger partial charge in [-0.15, -0.1) is 0 Å². The second kappa shape index (κ2) is 5.59. The Labute approximate surface area is 150 Å². The molecule has 1 fully saturated rings. The van der Waals surface area contributed by atoms with Crippen LogP contribution in [-0.2, 0) is 9.31 Å². The van der Waals surface area contributed by atoms with Gasteiger partial charge in [-0.25, -0.2) is 4.45 Å². The first-order chi connectivity index (χ1) is 10.2. The molecule has 2 aromatic rings. The highest BCUT2D eigenvalue weighted by Gasteiger charge is 2.52. The van der Waals surface area contributed by atoms with E-state index in [1.54, 1.807) is 0 Å². The Balaban J connectivity index is 2.19. The molecule has 0 radical (unpaired) electrons. The fraction of sp³-hybridized carbons (Fsp3) is 0.500. The first-order valence-corrected chi connectivity index (χ1v) is 11.5. The monoisotopic (exact) mass is 450 g/mol. The maximum Gasteiger partial charge on any atom is 0.495 e. The molecule has 1 aromatic carbocycles. The minimum atomic E-state index is -0.429. The van der Waals surface area contributed by atoms with Crippen molar-refractivity contribution in [1.29, 1.82) is 0 Å². The van der Waals surface area contributed by atoms with Crippen molar-refractivity contribution in [3.63, 3.8) is 0 Å². The number of nitrogens with zero attached hydrogens (tertiary/aromatic N) is 2. The van der Waals surface area contributed by atoms with Crippen molar-refractivity contribution in [2.24, 2.45) is 0 Å². The summed E-state index contributed by atoms with van der Waals surface area (Å²) in [6, 6.07) is 1.97. The average Bonchev–Trinajstić information content (AvgIpc) is 2.89. The van der Waals surface area contributed by atoms with Gasteiger partial charge in [-0.3, -0.25) is 0 Å². The van der Waals surface area contributed by atoms with E-state index >= 15 is 0 Å². The Bertz CT molecular complexity index is 734. The van der Waals surface area contributed by atoms with Gasteiger partial charge in [-0.2, -0.15) is 5.10 Å². The molecule has 1 unspecified atom stereocenters. The maximum atomic E-state index is 6.45. The van der Waals surface area contributed by atoms with Crippen molar-refractivity contribution in [2.45, 2.75) is 45.8 Å². The molecule has 0 amide bonds. The van der Waals surface area contributed by atoms with Crippen LogP contribution in [0.1, 0.15) is 33.3 Å². The maximum absolute atomic E-state index is 6.45. The van der Waals surface area contributed by atoms with Gasteiger partial charge in [0, 0.05) is 10.4 Å². The van der Waals surface area contributed by atoms with E-state index in [0.717, 1.165) is 21.9 Å². The summed E-state index contributed by atoms with van der Waals surface area (Å²) in [7, 11) is -0.429. The van der Waals surface area contributed by atoms with Crippen LogP contribution >= 0.6 is 40.0 Å². The SMILES string of the molecule is Cc1c(Cl)cc2c(cnn2PI)c1B1OC(C)(C)C(C)(C)O1. The summed E-state index contributed by atoms with van der Waals surface area (Å²) < 4.78 is 14.4. The molecule has 4 nitrogen and oxygen atoms in total. The molecule has 2 heterocycles. The summed E-state index contributed by atoms with van der Waals surface area (Å²) >= 11 is 8.76. The van der Waals surface area contributed by atoms with Gasteiger partial charge in [0.25, 0.3) is 0 Å². The van der Waals surface area contributed by atoms with Gasteiger partial charge in [0.15, 0.2) is 0 Å². The van der Waals surface area contributed by atoms with Crippen molar-refractivity contribution in [3.05, 3.63) is 22.8 Å². The van der Waals surface area contributed by atoms with Gasteiger partial charge in [-0.05, 0) is 73.8 Å². The van der Waals surface area contributed by atoms with E-state index in [-0.39, 0.29) is 11.2 Å². The zero-order chi connectivity index (χ0) is 16.3. The van der Waals surface area contributed by atoms with Crippen LogP contribution in [0.25, 0.3) is 10.9 Å². The van der Waals surface area contributed by atoms with E-state index in [4.69, 9.17) is 20.9 Å². The van der Waals surface area contributed by atoms with Gasteiger partial charge < -0.3 is 9.31 Å². The zero-order valence-corrected chi connectivity index (χ0v) is 17.1. The topological polar surface area (TPSA) is 36.3 Å². The van der Waals surface area contributed by atoms with Crippen LogP contribution in [0.2, 0.25) is 5.02 Å². The number of hydrogen-bond acceptors (Lipinski definition) is 3. The first-order valence-electron chi connectivity index (χ1n) is 7.07. The van der Waals surface area contributed by atoms with Crippen LogP contribution < -0.4 is 5.46 Å². The third-order valence-electron chi connectivity index (χ3n) is 4.69. The van der Waals surface area contributed by atoms with Crippen molar-refractivity contribution < 1.29 is 9.31 Å². The van der Waals surface area contributed by atoms with Crippen molar-refractivity contribution >= 4 is 63.5 Å². The quantitative estimate of drug-likeness (QED) is 0.393. The summed E-state index contributed by atoms with van der Waals surface area (Å²) in [4.78, 5) is 0. The van der Waals surface area contributed by atoms with Crippen LogP contribution in [0.4, 0.5) is 0 Å². The van der Waals surface area contributed by atoms with E-state index in [1.165, 1.54) is 0 Å². The fourth-order valence-electron chi connectivity index (χ4n) is 2.60. The standard InChI is InChI=1S/C14H18BClIN2O2P/c1-8-10(16)6-11-9(7-18-19(11)22-17)12(8)15-20-13(2,3)14(4,5)21-15/h6-7,22H,1-5H3. The number of rotatable bonds is 2. The summed E-state index contributed by atoms with van der Waals surface area (Å²) in [5.74, 6) is 0. The second-order valence-electron chi connectivity index (χ2n) is 6.56. The molecular formula is C14H18BClIN2O2P. The van der Waals surface area contributed by atoms with E-state index in [9.17, 15) is 0 Å². The van der Waals surface area contributed by atoms with Gasteiger partial charge in [0.1, 0.15) is 0 Å². The minimum Gasteiger partial charge on any atom is -0.399 e. The van der Waals surface area contributed by atoms with Crippen LogP contribution in [0.15, 0.2) is 12.3 Å². The Morgan fingerprint density at radius 2 is 1.86 bits per heavy atom. The molecule has 1 aliphatic heterocycles. The number of hydrogen-bond donors (Lipinski definition) is 0. The molecule has 8 heteroatoms. The van der Waals surface area contributed by atoms with E-state index in [2.05, 4.69) is 54.8 Å². The summed E-state index contributed by atoms with van der Waals surface area (Å²) in [5, 5.41) is 6.21. The Hall–Kier alpha value is 0.125. The Morgan fingerprint density at radius 3 is 2.41 bits per heavy atom. The van der Waals surface area contributed by atoms with Gasteiger partial charge in [0.05, 0.1) is 29.3 Å². The second-order valence-corrected chi connectivity index (χ2v) is 9.01. The van der Waals surface area contributed by atoms with Gasteiger partial charge in [0.2, 0.25) is 0 Å². The molecular weight excluding hydrogens is 432 g/mol. The lowest BCUT2D eigenvalue weighted by Gasteiger charge is -2.32. The van der Waals surface area contributed by atoms with E-state index in [0.29, 0.717) is 11.4 Å². The smallest absolute Gasteiger partial charge is 0.399 e. The largest absolute Gasteiger partial charge is 0.495 e. The molecule has 22 heavy (non-hydrogen) atoms. The molecule has 0 spiro atoms. The van der Waals surface area contributed by atoms with Crippen LogP contribution in [0.5, 0.6) is 0 Å². The third-order valence-corrected chi connectivity index (χ3v) is 6.97. The fourth-order valence-corrected chi connectivity index (χ4v) is 4.33. The van der Waals surface area contributed by atoms with Crippen molar-refractivity contribution in [3.8, 4) is 0 Å². The lowest BCUT2D eigenvalue weighted by atomic mass is 9.74. The summed E-state index contributed by atoms with van der Waals surface area (Å²) in [5.41, 5.74) is 2.25. The van der Waals surface area contributed by atoms with Gasteiger partial charge in [-0.1, -0.05) is 11.6 Å². The predicted molar refractivity (Wildman–Crippen MR) is 103 cm³/mol. The zero-order valence-electron chi connectivity index (χ0n) is 13.2. The van der Waals surface area contributed by atoms with Crippen LogP contribution in [-0.4, -0.2) is 27.9 Å². The van der Waals surface area contributed by atoms with Crippen molar-refractivity contribution in [1.82, 2.24) is 9.55 Å². The summed E-state index contributed by atoms with van der Waals surface area (Å²) in [6.07, 6.45) is 2.40. The molecule has 0 aliphatic carbocycles. The van der Waals surface area contributed by atoms with Crippen LogP contribution in [0.3, 0.4) is 0 Å². The molecule has 1 aliphatic rings. The van der Waals surface area contributed by atoms with Gasteiger partial charge >= 0.3 is 7.12 Å². The first kappa shape index (κ1) is 17.0. The Kier molecular flexibility index (Phi) is 4.31. The molecule has 1 aromatic heterocycles. The molecule has 0 saturated carbocycles. The number of benzene rings is 1. The average molecular weight is 450 g/mol. The molecule has 0 N–H and O–H groups in total. The van der Waals surface area contributed by atoms with Crippen LogP contribution in [0, 0.1) is 6.92 Å². The highest BCUT2D eigenvalue weighted by molar-refractivity contribution is 14.2. The molecule has 0 bridgehead atoms. The molecule has 1 atom stereocenters. The summed E-state index contributed by atoms with van der Waals surface area (Å²) in [6.45, 7) is 10.2. The number of fused-ring (bicyclic) bond motifs is 1. The van der Waals surface area contributed by atoms with Crippen molar-refractivity contribution in [2.75, 3.05) is 0 Å². The predicted octanol–water partition coefficient (Wildman–Crippen LogP) is 4.09. The number of aromatic nitrogens is 2. The van der Waals surface area contributed by atoms with E-state index < -0.39 is 7.12 Å². The van der Waals surface area contributed by atoms with E-state index in [1.807, 2.05) is 23.6 Å². The molecule has 1 saturated heterocycles. The highest BCUT2D eigenvalue weighted by atomic mass is 127. The minimum absolute atomic E-state index is 0.375. The lowest BCUT2D eigenvalue weighted by Crippen LogP contribution is -2.41. The number of halogens is 2. The highest BCUT2D eigenvalue weighted by Crippen LogP contribution is 2.38. The normalized spacial score (nSPS) is 20.6. The molecule has 118 valence electrons.